The zero-order valence-electron chi connectivity index (χ0n) is 11.6. The van der Waals surface area contributed by atoms with Gasteiger partial charge in [0.15, 0.2) is 11.5 Å². The third kappa shape index (κ3) is 4.31. The van der Waals surface area contributed by atoms with E-state index in [-0.39, 0.29) is 12.7 Å². The maximum absolute atomic E-state index is 11.6. The highest BCUT2D eigenvalue weighted by Gasteiger charge is 2.16. The predicted molar refractivity (Wildman–Crippen MR) is 84.3 cm³/mol. The zero-order chi connectivity index (χ0) is 14.5. The fraction of sp³-hybridized carbons (Fsp3) is 0.500. The molecular formula is C14H18BrNO3S. The number of rotatable bonds is 6. The van der Waals surface area contributed by atoms with Gasteiger partial charge < -0.3 is 14.8 Å². The van der Waals surface area contributed by atoms with Crippen molar-refractivity contribution in [3.8, 4) is 11.5 Å². The molecule has 2 rings (SSSR count). The number of thioether (sulfide) groups is 1. The van der Waals surface area contributed by atoms with Crippen molar-refractivity contribution >= 4 is 33.6 Å². The highest BCUT2D eigenvalue weighted by Crippen LogP contribution is 2.38. The van der Waals surface area contributed by atoms with Crippen molar-refractivity contribution in [2.45, 2.75) is 19.6 Å². The van der Waals surface area contributed by atoms with Crippen molar-refractivity contribution in [3.05, 3.63) is 22.2 Å². The van der Waals surface area contributed by atoms with E-state index in [9.17, 15) is 4.79 Å². The number of fused-ring (bicyclic) bond motifs is 1. The molecule has 0 saturated carbocycles. The van der Waals surface area contributed by atoms with Crippen LogP contribution in [-0.2, 0) is 10.5 Å². The van der Waals surface area contributed by atoms with Crippen molar-refractivity contribution < 1.29 is 14.3 Å². The number of nitrogens with one attached hydrogen (secondary N) is 1. The highest BCUT2D eigenvalue weighted by atomic mass is 79.9. The number of amides is 1. The molecule has 6 heteroatoms. The largest absolute Gasteiger partial charge is 0.454 e. The molecule has 0 fully saturated rings. The summed E-state index contributed by atoms with van der Waals surface area (Å²) in [6.07, 6.45) is 0. The summed E-state index contributed by atoms with van der Waals surface area (Å²) in [4.78, 5) is 11.6. The van der Waals surface area contributed by atoms with Gasteiger partial charge in [-0.25, -0.2) is 0 Å². The second-order valence-electron chi connectivity index (χ2n) is 4.99. The monoisotopic (exact) mass is 359 g/mol. The van der Waals surface area contributed by atoms with Crippen LogP contribution in [0.3, 0.4) is 0 Å². The quantitative estimate of drug-likeness (QED) is 0.847. The summed E-state index contributed by atoms with van der Waals surface area (Å²) >= 11 is 5.10. The van der Waals surface area contributed by atoms with Gasteiger partial charge in [-0.1, -0.05) is 29.8 Å². The first-order valence-electron chi connectivity index (χ1n) is 6.48. The molecule has 0 aromatic heterocycles. The van der Waals surface area contributed by atoms with Crippen LogP contribution in [-0.4, -0.2) is 25.0 Å². The summed E-state index contributed by atoms with van der Waals surface area (Å²) in [5, 5.41) is 2.91. The number of carbonyl (C=O) groups is 1. The summed E-state index contributed by atoms with van der Waals surface area (Å²) in [5.41, 5.74) is 1.11. The molecule has 1 heterocycles. The van der Waals surface area contributed by atoms with Gasteiger partial charge in [-0.15, -0.1) is 11.8 Å². The number of halogens is 1. The molecule has 1 aliphatic rings. The fourth-order valence-corrected chi connectivity index (χ4v) is 3.19. The molecule has 0 spiro atoms. The first-order chi connectivity index (χ1) is 9.56. The second kappa shape index (κ2) is 7.22. The lowest BCUT2D eigenvalue weighted by atomic mass is 10.2. The molecule has 4 nitrogen and oxygen atoms in total. The first kappa shape index (κ1) is 15.5. The summed E-state index contributed by atoms with van der Waals surface area (Å²) in [6.45, 7) is 5.16. The van der Waals surface area contributed by atoms with Gasteiger partial charge in [0.2, 0.25) is 12.7 Å². The fourth-order valence-electron chi connectivity index (χ4n) is 1.69. The van der Waals surface area contributed by atoms with E-state index in [1.165, 1.54) is 0 Å². The zero-order valence-corrected chi connectivity index (χ0v) is 14.0. The molecule has 1 aromatic rings. The van der Waals surface area contributed by atoms with Gasteiger partial charge in [0, 0.05) is 16.8 Å². The molecule has 1 N–H and O–H groups in total. The van der Waals surface area contributed by atoms with E-state index in [1.54, 1.807) is 11.8 Å². The van der Waals surface area contributed by atoms with Gasteiger partial charge in [-0.05, 0) is 23.6 Å². The van der Waals surface area contributed by atoms with E-state index in [2.05, 4.69) is 35.1 Å². The van der Waals surface area contributed by atoms with Crippen LogP contribution in [0.4, 0.5) is 0 Å². The van der Waals surface area contributed by atoms with E-state index in [0.29, 0.717) is 11.7 Å². The van der Waals surface area contributed by atoms with Crippen LogP contribution < -0.4 is 14.8 Å². The van der Waals surface area contributed by atoms with Crippen LogP contribution in [0.2, 0.25) is 0 Å². The minimum absolute atomic E-state index is 0.0839. The van der Waals surface area contributed by atoms with Gasteiger partial charge in [-0.2, -0.15) is 0 Å². The minimum Gasteiger partial charge on any atom is -0.454 e. The molecule has 0 radical (unpaired) electrons. The summed E-state index contributed by atoms with van der Waals surface area (Å²) < 4.78 is 11.6. The lowest BCUT2D eigenvalue weighted by Crippen LogP contribution is -2.28. The maximum Gasteiger partial charge on any atom is 0.231 e. The van der Waals surface area contributed by atoms with E-state index in [1.807, 2.05) is 12.1 Å². The Labute approximate surface area is 131 Å². The number of benzene rings is 1. The molecule has 1 amide bonds. The Morgan fingerprint density at radius 2 is 2.10 bits per heavy atom. The third-order valence-corrected chi connectivity index (χ3v) is 4.46. The summed E-state index contributed by atoms with van der Waals surface area (Å²) in [5.74, 6) is 3.32. The van der Waals surface area contributed by atoms with Crippen LogP contribution >= 0.6 is 27.7 Å². The molecule has 0 unspecified atom stereocenters. The van der Waals surface area contributed by atoms with Crippen molar-refractivity contribution in [2.24, 2.45) is 5.92 Å². The molecule has 1 aromatic carbocycles. The molecule has 1 aliphatic heterocycles. The predicted octanol–water partition coefficient (Wildman–Crippen LogP) is 3.18. The smallest absolute Gasteiger partial charge is 0.231 e. The summed E-state index contributed by atoms with van der Waals surface area (Å²) in [7, 11) is 0. The van der Waals surface area contributed by atoms with Crippen molar-refractivity contribution in [2.75, 3.05) is 19.1 Å². The van der Waals surface area contributed by atoms with Crippen LogP contribution in [0, 0.1) is 5.92 Å². The molecule has 0 saturated heterocycles. The number of hydrogen-bond donors (Lipinski definition) is 1. The Balaban J connectivity index is 1.81. The Morgan fingerprint density at radius 3 is 2.80 bits per heavy atom. The number of ether oxygens (including phenoxy) is 2. The Hall–Kier alpha value is -0.880. The average Bonchev–Trinajstić information content (AvgIpc) is 2.83. The molecule has 0 aliphatic carbocycles. The van der Waals surface area contributed by atoms with Crippen LogP contribution in [0.5, 0.6) is 11.5 Å². The minimum atomic E-state index is 0.0839. The Bertz CT molecular complexity index is 494. The van der Waals surface area contributed by atoms with Crippen molar-refractivity contribution in [1.29, 1.82) is 0 Å². The number of hydrogen-bond acceptors (Lipinski definition) is 4. The molecule has 0 bridgehead atoms. The van der Waals surface area contributed by atoms with E-state index >= 15 is 0 Å². The Morgan fingerprint density at radius 1 is 1.40 bits per heavy atom. The second-order valence-corrected chi connectivity index (χ2v) is 6.83. The molecule has 110 valence electrons. The molecular weight excluding hydrogens is 342 g/mol. The van der Waals surface area contributed by atoms with Crippen molar-refractivity contribution in [1.82, 2.24) is 5.32 Å². The maximum atomic E-state index is 11.6. The van der Waals surface area contributed by atoms with E-state index < -0.39 is 0 Å². The van der Waals surface area contributed by atoms with Gasteiger partial charge in [0.1, 0.15) is 0 Å². The highest BCUT2D eigenvalue weighted by molar-refractivity contribution is 9.10. The third-order valence-electron chi connectivity index (χ3n) is 2.74. The van der Waals surface area contributed by atoms with Crippen LogP contribution in [0.25, 0.3) is 0 Å². The van der Waals surface area contributed by atoms with Gasteiger partial charge in [-0.3, -0.25) is 4.79 Å². The molecule has 20 heavy (non-hydrogen) atoms. The topological polar surface area (TPSA) is 47.6 Å². The van der Waals surface area contributed by atoms with Crippen molar-refractivity contribution in [3.63, 3.8) is 0 Å². The normalized spacial score (nSPS) is 12.8. The van der Waals surface area contributed by atoms with Gasteiger partial charge in [0.05, 0.1) is 5.75 Å². The first-order valence-corrected chi connectivity index (χ1v) is 8.43. The molecule has 0 atom stereocenters. The lowest BCUT2D eigenvalue weighted by molar-refractivity contribution is -0.118. The van der Waals surface area contributed by atoms with Crippen LogP contribution in [0.1, 0.15) is 19.4 Å². The standard InChI is InChI=1S/C14H18BrNO3S/c1-9(2)5-16-14(17)7-20-6-10-3-12-13(4-11(10)15)19-8-18-12/h3-4,9H,5-8H2,1-2H3,(H,16,17). The Kier molecular flexibility index (Phi) is 5.60. The summed E-state index contributed by atoms with van der Waals surface area (Å²) in [6, 6.07) is 3.88. The van der Waals surface area contributed by atoms with E-state index in [0.717, 1.165) is 33.8 Å². The van der Waals surface area contributed by atoms with Gasteiger partial charge >= 0.3 is 0 Å². The van der Waals surface area contributed by atoms with Gasteiger partial charge in [0.25, 0.3) is 0 Å². The van der Waals surface area contributed by atoms with Crippen LogP contribution in [0.15, 0.2) is 16.6 Å². The van der Waals surface area contributed by atoms with E-state index in [4.69, 9.17) is 9.47 Å². The average molecular weight is 360 g/mol. The SMILES string of the molecule is CC(C)CNC(=O)CSCc1cc2c(cc1Br)OCO2. The number of carbonyl (C=O) groups excluding carboxylic acids is 1. The lowest BCUT2D eigenvalue weighted by Gasteiger charge is -2.08.